The van der Waals surface area contributed by atoms with Crippen LogP contribution in [0.4, 0.5) is 11.4 Å². The minimum absolute atomic E-state index is 0.103. The lowest BCUT2D eigenvalue weighted by Gasteiger charge is -2.13. The molecule has 3 aromatic carbocycles. The summed E-state index contributed by atoms with van der Waals surface area (Å²) in [5.41, 5.74) is 3.37. The number of ketones is 1. The Balaban J connectivity index is 1.85. The Bertz CT molecular complexity index is 935. The van der Waals surface area contributed by atoms with E-state index in [9.17, 15) is 4.79 Å². The molecule has 0 aromatic heterocycles. The van der Waals surface area contributed by atoms with Gasteiger partial charge in [0, 0.05) is 37.7 Å². The molecule has 0 aliphatic heterocycles. The number of benzene rings is 3. The van der Waals surface area contributed by atoms with Gasteiger partial charge in [0.25, 0.3) is 0 Å². The molecule has 3 rings (SSSR count). The van der Waals surface area contributed by atoms with Crippen LogP contribution >= 0.6 is 0 Å². The molecule has 0 spiro atoms. The van der Waals surface area contributed by atoms with Crippen LogP contribution < -0.4 is 10.1 Å². The van der Waals surface area contributed by atoms with Gasteiger partial charge in [-0.3, -0.25) is 4.79 Å². The number of nitrogens with one attached hydrogen (secondary N) is 1. The number of ether oxygens (including phenoxy) is 1. The van der Waals surface area contributed by atoms with Crippen molar-refractivity contribution in [3.8, 4) is 5.75 Å². The number of carbonyl (C=O) groups excluding carboxylic acids is 1. The van der Waals surface area contributed by atoms with Gasteiger partial charge in [-0.1, -0.05) is 48.5 Å². The SMILES string of the molecule is CN(C)C=CC(=O)c1cc(Nc2ccccc2)ccc1OCc1ccccc1. The second-order valence-electron chi connectivity index (χ2n) is 6.62. The van der Waals surface area contributed by atoms with Gasteiger partial charge in [0.2, 0.25) is 0 Å². The van der Waals surface area contributed by atoms with Gasteiger partial charge in [0.1, 0.15) is 12.4 Å². The molecule has 0 unspecified atom stereocenters. The summed E-state index contributed by atoms with van der Waals surface area (Å²) in [6.07, 6.45) is 3.29. The van der Waals surface area contributed by atoms with E-state index in [1.54, 1.807) is 12.3 Å². The molecule has 0 aliphatic rings. The van der Waals surface area contributed by atoms with Crippen molar-refractivity contribution in [2.75, 3.05) is 19.4 Å². The number of hydrogen-bond acceptors (Lipinski definition) is 4. The summed E-state index contributed by atoms with van der Waals surface area (Å²) in [4.78, 5) is 14.6. The number of carbonyl (C=O) groups is 1. The molecule has 28 heavy (non-hydrogen) atoms. The Hall–Kier alpha value is -3.53. The molecule has 142 valence electrons. The summed E-state index contributed by atoms with van der Waals surface area (Å²) in [6.45, 7) is 0.407. The van der Waals surface area contributed by atoms with Crippen molar-refractivity contribution < 1.29 is 9.53 Å². The van der Waals surface area contributed by atoms with Crippen molar-refractivity contribution in [2.45, 2.75) is 6.61 Å². The van der Waals surface area contributed by atoms with Crippen molar-refractivity contribution >= 4 is 17.2 Å². The zero-order valence-electron chi connectivity index (χ0n) is 16.1. The number of nitrogens with zero attached hydrogens (tertiary/aromatic N) is 1. The average Bonchev–Trinajstić information content (AvgIpc) is 2.72. The molecule has 0 aliphatic carbocycles. The molecule has 0 saturated carbocycles. The maximum absolute atomic E-state index is 12.8. The van der Waals surface area contributed by atoms with Crippen molar-refractivity contribution in [3.05, 3.63) is 102 Å². The molecule has 0 atom stereocenters. The highest BCUT2D eigenvalue weighted by Gasteiger charge is 2.12. The molecule has 4 heteroatoms. The van der Waals surface area contributed by atoms with Gasteiger partial charge >= 0.3 is 0 Å². The highest BCUT2D eigenvalue weighted by molar-refractivity contribution is 6.07. The molecular weight excluding hydrogens is 348 g/mol. The number of anilines is 2. The Morgan fingerprint density at radius 2 is 1.61 bits per heavy atom. The van der Waals surface area contributed by atoms with E-state index in [2.05, 4.69) is 5.32 Å². The van der Waals surface area contributed by atoms with Crippen LogP contribution in [0.2, 0.25) is 0 Å². The maximum Gasteiger partial charge on any atom is 0.191 e. The van der Waals surface area contributed by atoms with E-state index >= 15 is 0 Å². The van der Waals surface area contributed by atoms with Crippen molar-refractivity contribution in [1.82, 2.24) is 4.90 Å². The van der Waals surface area contributed by atoms with Gasteiger partial charge in [-0.2, -0.15) is 0 Å². The zero-order chi connectivity index (χ0) is 19.8. The molecule has 0 heterocycles. The highest BCUT2D eigenvalue weighted by atomic mass is 16.5. The van der Waals surface area contributed by atoms with Gasteiger partial charge in [0.05, 0.1) is 5.56 Å². The number of rotatable bonds is 8. The van der Waals surface area contributed by atoms with Crippen molar-refractivity contribution in [1.29, 1.82) is 0 Å². The normalized spacial score (nSPS) is 10.6. The summed E-state index contributed by atoms with van der Waals surface area (Å²) in [5.74, 6) is 0.462. The minimum Gasteiger partial charge on any atom is -0.488 e. The quantitative estimate of drug-likeness (QED) is 0.432. The first-order valence-electron chi connectivity index (χ1n) is 9.13. The molecule has 4 nitrogen and oxygen atoms in total. The first kappa shape index (κ1) is 19.2. The third-order valence-electron chi connectivity index (χ3n) is 4.07. The predicted molar refractivity (Wildman–Crippen MR) is 114 cm³/mol. The number of allylic oxidation sites excluding steroid dienone is 1. The van der Waals surface area contributed by atoms with E-state index in [0.717, 1.165) is 16.9 Å². The third kappa shape index (κ3) is 5.48. The Kier molecular flexibility index (Phi) is 6.47. The van der Waals surface area contributed by atoms with Gasteiger partial charge in [0.15, 0.2) is 5.78 Å². The molecule has 3 aromatic rings. The molecule has 0 radical (unpaired) electrons. The topological polar surface area (TPSA) is 41.6 Å². The lowest BCUT2D eigenvalue weighted by atomic mass is 10.1. The standard InChI is InChI=1S/C24H24N2O2/c1-26(2)16-15-23(27)22-17-21(25-20-11-7-4-8-12-20)13-14-24(22)28-18-19-9-5-3-6-10-19/h3-17,25H,18H2,1-2H3. The van der Waals surface area contributed by atoms with Crippen molar-refractivity contribution in [2.24, 2.45) is 0 Å². The highest BCUT2D eigenvalue weighted by Crippen LogP contribution is 2.27. The molecule has 0 fully saturated rings. The van der Waals surface area contributed by atoms with Crippen LogP contribution in [0.3, 0.4) is 0 Å². The first-order chi connectivity index (χ1) is 13.6. The summed E-state index contributed by atoms with van der Waals surface area (Å²) in [7, 11) is 3.76. The van der Waals surface area contributed by atoms with E-state index < -0.39 is 0 Å². The van der Waals surface area contributed by atoms with Crippen LogP contribution in [-0.2, 0) is 6.61 Å². The largest absolute Gasteiger partial charge is 0.488 e. The number of hydrogen-bond donors (Lipinski definition) is 1. The summed E-state index contributed by atoms with van der Waals surface area (Å²) in [5, 5.41) is 3.32. The summed E-state index contributed by atoms with van der Waals surface area (Å²) in [6, 6.07) is 25.3. The van der Waals surface area contributed by atoms with Gasteiger partial charge in [-0.15, -0.1) is 0 Å². The third-order valence-corrected chi connectivity index (χ3v) is 4.07. The van der Waals surface area contributed by atoms with Crippen LogP contribution in [0.5, 0.6) is 5.75 Å². The lowest BCUT2D eigenvalue weighted by molar-refractivity contribution is 0.104. The molecule has 1 N–H and O–H groups in total. The second-order valence-corrected chi connectivity index (χ2v) is 6.62. The van der Waals surface area contributed by atoms with Crippen LogP contribution in [0, 0.1) is 0 Å². The average molecular weight is 372 g/mol. The van der Waals surface area contributed by atoms with Gasteiger partial charge in [-0.25, -0.2) is 0 Å². The Morgan fingerprint density at radius 1 is 0.929 bits per heavy atom. The molecule has 0 bridgehead atoms. The lowest BCUT2D eigenvalue weighted by Crippen LogP contribution is -2.06. The summed E-state index contributed by atoms with van der Waals surface area (Å²) >= 11 is 0. The Morgan fingerprint density at radius 3 is 2.29 bits per heavy atom. The fourth-order valence-electron chi connectivity index (χ4n) is 2.66. The minimum atomic E-state index is -0.103. The zero-order valence-corrected chi connectivity index (χ0v) is 16.1. The molecular formula is C24H24N2O2. The van der Waals surface area contributed by atoms with Crippen LogP contribution in [0.25, 0.3) is 0 Å². The smallest absolute Gasteiger partial charge is 0.191 e. The van der Waals surface area contributed by atoms with E-state index in [4.69, 9.17) is 4.74 Å². The van der Waals surface area contributed by atoms with E-state index in [1.165, 1.54) is 0 Å². The van der Waals surface area contributed by atoms with Gasteiger partial charge in [-0.05, 0) is 35.9 Å². The predicted octanol–water partition coefficient (Wildman–Crippen LogP) is 5.27. The first-order valence-corrected chi connectivity index (χ1v) is 9.13. The van der Waals surface area contributed by atoms with Crippen LogP contribution in [0.1, 0.15) is 15.9 Å². The number of para-hydroxylation sites is 1. The molecule has 0 saturated heterocycles. The molecule has 0 amide bonds. The van der Waals surface area contributed by atoms with Crippen molar-refractivity contribution in [3.63, 3.8) is 0 Å². The van der Waals surface area contributed by atoms with Crippen LogP contribution in [0.15, 0.2) is 91.1 Å². The van der Waals surface area contributed by atoms with Gasteiger partial charge < -0.3 is 15.0 Å². The second kappa shape index (κ2) is 9.42. The van der Waals surface area contributed by atoms with E-state index in [1.807, 2.05) is 97.9 Å². The Labute approximate surface area is 166 Å². The fourth-order valence-corrected chi connectivity index (χ4v) is 2.66. The maximum atomic E-state index is 12.8. The summed E-state index contributed by atoms with van der Waals surface area (Å²) < 4.78 is 5.96. The monoisotopic (exact) mass is 372 g/mol. The van der Waals surface area contributed by atoms with Crippen LogP contribution in [-0.4, -0.2) is 24.8 Å². The van der Waals surface area contributed by atoms with E-state index in [0.29, 0.717) is 17.9 Å². The van der Waals surface area contributed by atoms with E-state index in [-0.39, 0.29) is 5.78 Å². The fraction of sp³-hybridized carbons (Fsp3) is 0.125.